The van der Waals surface area contributed by atoms with E-state index >= 15 is 0 Å². The fourth-order valence-corrected chi connectivity index (χ4v) is 3.27. The molecule has 0 saturated carbocycles. The number of hydrogen-bond donors (Lipinski definition) is 4. The van der Waals surface area contributed by atoms with Crippen LogP contribution < -0.4 is 26.8 Å². The van der Waals surface area contributed by atoms with Crippen LogP contribution in [0.1, 0.15) is 24.2 Å². The minimum atomic E-state index is -3.97. The molecule has 2 rings (SSSR count). The van der Waals surface area contributed by atoms with Gasteiger partial charge >= 0.3 is 0 Å². The zero-order valence-electron chi connectivity index (χ0n) is 15.7. The fraction of sp³-hybridized carbons (Fsp3) is 0.167. The summed E-state index contributed by atoms with van der Waals surface area (Å²) in [4.78, 5) is 12.2. The van der Waals surface area contributed by atoms with E-state index < -0.39 is 21.9 Å². The van der Waals surface area contributed by atoms with Gasteiger partial charge in [0.15, 0.2) is 5.11 Å². The molecule has 2 aromatic carbocycles. The zero-order chi connectivity index (χ0) is 21.6. The van der Waals surface area contributed by atoms with Crippen molar-refractivity contribution in [2.75, 3.05) is 5.32 Å². The highest BCUT2D eigenvalue weighted by Crippen LogP contribution is 2.16. The number of anilines is 1. The van der Waals surface area contributed by atoms with Crippen LogP contribution in [0.25, 0.3) is 0 Å². The van der Waals surface area contributed by atoms with Gasteiger partial charge in [0.05, 0.1) is 11.0 Å². The van der Waals surface area contributed by atoms with Crippen LogP contribution in [-0.4, -0.2) is 31.5 Å². The molecule has 1 amide bonds. The number of thiocarbonyl (C=S) groups is 1. The van der Waals surface area contributed by atoms with Crippen LogP contribution >= 0.6 is 12.2 Å². The Morgan fingerprint density at radius 3 is 2.17 bits per heavy atom. The first-order valence-electron chi connectivity index (χ1n) is 8.42. The van der Waals surface area contributed by atoms with Crippen molar-refractivity contribution in [3.63, 3.8) is 0 Å². The van der Waals surface area contributed by atoms with E-state index in [1.807, 2.05) is 13.8 Å². The summed E-state index contributed by atoms with van der Waals surface area (Å²) >= 11 is 5.12. The number of benzene rings is 2. The summed E-state index contributed by atoms with van der Waals surface area (Å²) in [5.74, 6) is -0.293. The molecule has 29 heavy (non-hydrogen) atoms. The normalized spacial score (nSPS) is 10.9. The molecule has 0 radical (unpaired) electrons. The predicted octanol–water partition coefficient (Wildman–Crippen LogP) is 1.56. The Morgan fingerprint density at radius 2 is 1.66 bits per heavy atom. The van der Waals surface area contributed by atoms with Crippen LogP contribution in [0.2, 0.25) is 0 Å². The van der Waals surface area contributed by atoms with Crippen molar-refractivity contribution in [1.82, 2.24) is 5.32 Å². The minimum absolute atomic E-state index is 0.0345. The molecule has 11 heteroatoms. The summed E-state index contributed by atoms with van der Waals surface area (Å²) in [7, 11) is -3.97. The van der Waals surface area contributed by atoms with E-state index in [0.29, 0.717) is 17.0 Å². The lowest BCUT2D eigenvalue weighted by Gasteiger charge is -2.11. The monoisotopic (exact) mass is 435 g/mol. The predicted molar refractivity (Wildman–Crippen MR) is 115 cm³/mol. The molecule has 0 aliphatic rings. The molecular formula is C18H21N5O4S2. The fourth-order valence-electron chi connectivity index (χ4n) is 2.20. The number of amides is 1. The number of carbonyl (C=O) groups is 1. The average molecular weight is 436 g/mol. The van der Waals surface area contributed by atoms with Gasteiger partial charge in [0.1, 0.15) is 5.75 Å². The molecule has 9 nitrogen and oxygen atoms in total. The van der Waals surface area contributed by atoms with Gasteiger partial charge in [-0.05, 0) is 74.6 Å². The number of rotatable bonds is 6. The van der Waals surface area contributed by atoms with E-state index in [9.17, 15) is 13.2 Å². The quantitative estimate of drug-likeness (QED) is 0.303. The Labute approximate surface area is 174 Å². The smallest absolute Gasteiger partial charge is 0.285 e. The van der Waals surface area contributed by atoms with Gasteiger partial charge in [-0.3, -0.25) is 10.1 Å². The first kappa shape index (κ1) is 22.1. The Balaban J connectivity index is 1.98. The third kappa shape index (κ3) is 6.73. The first-order chi connectivity index (χ1) is 13.6. The van der Waals surface area contributed by atoms with Crippen LogP contribution in [0.3, 0.4) is 0 Å². The minimum Gasteiger partial charge on any atom is -0.491 e. The molecule has 0 spiro atoms. The summed E-state index contributed by atoms with van der Waals surface area (Å²) < 4.78 is 32.5. The maximum atomic E-state index is 12.3. The molecule has 0 heterocycles. The molecule has 2 aromatic rings. The highest BCUT2D eigenvalue weighted by Gasteiger charge is 2.13. The van der Waals surface area contributed by atoms with Gasteiger partial charge < -0.3 is 21.5 Å². The molecule has 6 N–H and O–H groups in total. The maximum Gasteiger partial charge on any atom is 0.285 e. The number of hydrogen-bond acceptors (Lipinski definition) is 5. The summed E-state index contributed by atoms with van der Waals surface area (Å²) in [5.41, 5.74) is 11.1. The lowest BCUT2D eigenvalue weighted by molar-refractivity contribution is 0.0977. The van der Waals surface area contributed by atoms with Crippen molar-refractivity contribution in [2.45, 2.75) is 24.8 Å². The number of nitrogens with two attached hydrogens (primary N) is 2. The van der Waals surface area contributed by atoms with E-state index in [2.05, 4.69) is 15.0 Å². The third-order valence-corrected chi connectivity index (χ3v) is 4.87. The second-order valence-electron chi connectivity index (χ2n) is 6.11. The van der Waals surface area contributed by atoms with Crippen LogP contribution in [0.4, 0.5) is 5.69 Å². The number of sulfonamides is 1. The number of nitrogens with one attached hydrogen (secondary N) is 2. The van der Waals surface area contributed by atoms with Crippen molar-refractivity contribution in [2.24, 2.45) is 15.9 Å². The SMILES string of the molecule is CC(C)Oc1ccc(C(=O)NC(=S)Nc2ccc(S(=O)(=O)N=C(N)N)cc2)cc1. The van der Waals surface area contributed by atoms with Gasteiger partial charge in [0.25, 0.3) is 15.9 Å². The van der Waals surface area contributed by atoms with Crippen molar-refractivity contribution < 1.29 is 17.9 Å². The lowest BCUT2D eigenvalue weighted by atomic mass is 10.2. The third-order valence-electron chi connectivity index (χ3n) is 3.35. The van der Waals surface area contributed by atoms with Gasteiger partial charge in [-0.15, -0.1) is 4.40 Å². The molecule has 0 atom stereocenters. The highest BCUT2D eigenvalue weighted by atomic mass is 32.2. The number of guanidine groups is 1. The molecule has 0 aromatic heterocycles. The van der Waals surface area contributed by atoms with Crippen LogP contribution in [-0.2, 0) is 10.0 Å². The lowest BCUT2D eigenvalue weighted by Crippen LogP contribution is -2.34. The molecule has 0 aliphatic heterocycles. The molecule has 0 unspecified atom stereocenters. The zero-order valence-corrected chi connectivity index (χ0v) is 17.4. The van der Waals surface area contributed by atoms with Crippen molar-refractivity contribution in [3.05, 3.63) is 54.1 Å². The number of carbonyl (C=O) groups excluding carboxylic acids is 1. The largest absolute Gasteiger partial charge is 0.491 e. The van der Waals surface area contributed by atoms with Gasteiger partial charge in [0.2, 0.25) is 5.96 Å². The molecule has 0 fully saturated rings. The summed E-state index contributed by atoms with van der Waals surface area (Å²) in [6.45, 7) is 3.82. The van der Waals surface area contributed by atoms with E-state index in [0.717, 1.165) is 0 Å². The first-order valence-corrected chi connectivity index (χ1v) is 10.3. The highest BCUT2D eigenvalue weighted by molar-refractivity contribution is 7.90. The Kier molecular flexibility index (Phi) is 7.13. The van der Waals surface area contributed by atoms with Crippen molar-refractivity contribution in [1.29, 1.82) is 0 Å². The topological polar surface area (TPSA) is 149 Å². The molecule has 0 saturated heterocycles. The second kappa shape index (κ2) is 9.34. The number of nitrogens with zero attached hydrogens (tertiary/aromatic N) is 1. The average Bonchev–Trinajstić information content (AvgIpc) is 2.61. The summed E-state index contributed by atoms with van der Waals surface area (Å²) in [5, 5.41) is 5.39. The van der Waals surface area contributed by atoms with E-state index in [1.54, 1.807) is 24.3 Å². The van der Waals surface area contributed by atoms with Crippen LogP contribution in [0.15, 0.2) is 57.8 Å². The van der Waals surface area contributed by atoms with E-state index in [-0.39, 0.29) is 16.1 Å². The van der Waals surface area contributed by atoms with Crippen LogP contribution in [0.5, 0.6) is 5.75 Å². The second-order valence-corrected chi connectivity index (χ2v) is 8.13. The summed E-state index contributed by atoms with van der Waals surface area (Å²) in [6, 6.07) is 12.2. The molecule has 0 bridgehead atoms. The van der Waals surface area contributed by atoms with Gasteiger partial charge in [-0.25, -0.2) is 0 Å². The number of ether oxygens (including phenoxy) is 1. The maximum absolute atomic E-state index is 12.3. The summed E-state index contributed by atoms with van der Waals surface area (Å²) in [6.07, 6.45) is 0.0345. The Bertz CT molecular complexity index is 1010. The van der Waals surface area contributed by atoms with Gasteiger partial charge in [-0.2, -0.15) is 8.42 Å². The van der Waals surface area contributed by atoms with Crippen molar-refractivity contribution >= 4 is 44.9 Å². The van der Waals surface area contributed by atoms with Crippen molar-refractivity contribution in [3.8, 4) is 5.75 Å². The Hall–Kier alpha value is -3.18. The van der Waals surface area contributed by atoms with Crippen LogP contribution in [0, 0.1) is 0 Å². The Morgan fingerprint density at radius 1 is 1.07 bits per heavy atom. The van der Waals surface area contributed by atoms with Gasteiger partial charge in [-0.1, -0.05) is 0 Å². The molecular weight excluding hydrogens is 414 g/mol. The van der Waals surface area contributed by atoms with E-state index in [4.69, 9.17) is 28.4 Å². The molecule has 154 valence electrons. The molecule has 0 aliphatic carbocycles. The standard InChI is InChI=1S/C18H21N5O4S2/c1-11(2)27-14-7-3-12(4-8-14)16(24)22-18(28)21-13-5-9-15(10-6-13)29(25,26)23-17(19)20/h3-11H,1-2H3,(H4,19,20,23)(H2,21,22,24,28). The van der Waals surface area contributed by atoms with Gasteiger partial charge in [0, 0.05) is 11.3 Å². The van der Waals surface area contributed by atoms with E-state index in [1.165, 1.54) is 24.3 Å².